The van der Waals surface area contributed by atoms with Crippen LogP contribution in [0.1, 0.15) is 12.5 Å². The number of aliphatic carboxylic acids is 1. The Kier molecular flexibility index (Phi) is 7.52. The zero-order valence-electron chi connectivity index (χ0n) is 13.9. The van der Waals surface area contributed by atoms with Crippen molar-refractivity contribution in [2.45, 2.75) is 25.4 Å². The van der Waals surface area contributed by atoms with Crippen LogP contribution in [0.3, 0.4) is 0 Å². The van der Waals surface area contributed by atoms with E-state index in [2.05, 4.69) is 15.4 Å². The number of carbonyl (C=O) groups excluding carboxylic acids is 2. The third-order valence-electron chi connectivity index (χ3n) is 3.13. The smallest absolute Gasteiger partial charge is 0.325 e. The van der Waals surface area contributed by atoms with Crippen LogP contribution in [0, 0.1) is 0 Å². The first-order valence-electron chi connectivity index (χ1n) is 7.39. The molecule has 4 N–H and O–H groups in total. The van der Waals surface area contributed by atoms with Crippen molar-refractivity contribution in [3.8, 4) is 0 Å². The highest BCUT2D eigenvalue weighted by Gasteiger charge is 2.23. The average molecular weight is 371 g/mol. The van der Waals surface area contributed by atoms with Crippen LogP contribution in [0.15, 0.2) is 30.3 Å². The van der Waals surface area contributed by atoms with E-state index in [0.29, 0.717) is 0 Å². The summed E-state index contributed by atoms with van der Waals surface area (Å²) in [4.78, 5) is 34.5. The molecule has 2 atom stereocenters. The SMILES string of the molecule is C[C@H](NC(=O)CNC(=O)[C@H](Cc1ccccc1)NS(C)(=O)=O)C(=O)O. The summed E-state index contributed by atoms with van der Waals surface area (Å²) in [7, 11) is -3.65. The quantitative estimate of drug-likeness (QED) is 0.432. The molecule has 10 heteroatoms. The van der Waals surface area contributed by atoms with Crippen LogP contribution in [0.2, 0.25) is 0 Å². The second-order valence-corrected chi connectivity index (χ2v) is 7.26. The number of hydrogen-bond acceptors (Lipinski definition) is 5. The molecule has 0 unspecified atom stereocenters. The van der Waals surface area contributed by atoms with E-state index < -0.39 is 46.4 Å². The molecule has 0 aliphatic heterocycles. The van der Waals surface area contributed by atoms with Crippen molar-refractivity contribution in [3.63, 3.8) is 0 Å². The van der Waals surface area contributed by atoms with Crippen molar-refractivity contribution in [3.05, 3.63) is 35.9 Å². The minimum Gasteiger partial charge on any atom is -0.480 e. The first kappa shape index (κ1) is 20.6. The van der Waals surface area contributed by atoms with Gasteiger partial charge in [-0.2, -0.15) is 0 Å². The standard InChI is InChI=1S/C15H21N3O6S/c1-10(15(21)22)17-13(19)9-16-14(20)12(18-25(2,23)24)8-11-6-4-3-5-7-11/h3-7,10,12,18H,8-9H2,1-2H3,(H,16,20)(H,17,19)(H,21,22)/t10-,12-/m0/s1. The zero-order valence-corrected chi connectivity index (χ0v) is 14.7. The van der Waals surface area contributed by atoms with E-state index in [-0.39, 0.29) is 6.42 Å². The van der Waals surface area contributed by atoms with Gasteiger partial charge < -0.3 is 15.7 Å². The Bertz CT molecular complexity index is 720. The fourth-order valence-corrected chi connectivity index (χ4v) is 2.65. The van der Waals surface area contributed by atoms with E-state index in [1.165, 1.54) is 6.92 Å². The number of carboxylic acids is 1. The maximum absolute atomic E-state index is 12.2. The first-order valence-corrected chi connectivity index (χ1v) is 9.28. The van der Waals surface area contributed by atoms with Crippen LogP contribution in [-0.2, 0) is 30.8 Å². The van der Waals surface area contributed by atoms with Crippen LogP contribution in [0.4, 0.5) is 0 Å². The summed E-state index contributed by atoms with van der Waals surface area (Å²) >= 11 is 0. The predicted molar refractivity (Wildman–Crippen MR) is 90.2 cm³/mol. The lowest BCUT2D eigenvalue weighted by Gasteiger charge is -2.17. The fourth-order valence-electron chi connectivity index (χ4n) is 1.94. The van der Waals surface area contributed by atoms with Gasteiger partial charge in [-0.25, -0.2) is 13.1 Å². The monoisotopic (exact) mass is 371 g/mol. The molecule has 0 radical (unpaired) electrons. The normalized spacial score (nSPS) is 13.5. The lowest BCUT2D eigenvalue weighted by atomic mass is 10.1. The van der Waals surface area contributed by atoms with E-state index in [9.17, 15) is 22.8 Å². The molecule has 25 heavy (non-hydrogen) atoms. The van der Waals surface area contributed by atoms with Crippen molar-refractivity contribution in [1.82, 2.24) is 15.4 Å². The molecule has 0 saturated carbocycles. The van der Waals surface area contributed by atoms with E-state index in [0.717, 1.165) is 11.8 Å². The van der Waals surface area contributed by atoms with Gasteiger partial charge in [-0.15, -0.1) is 0 Å². The van der Waals surface area contributed by atoms with E-state index in [1.54, 1.807) is 30.3 Å². The number of nitrogens with one attached hydrogen (secondary N) is 3. The highest BCUT2D eigenvalue weighted by Crippen LogP contribution is 2.04. The van der Waals surface area contributed by atoms with Gasteiger partial charge in [0.15, 0.2) is 0 Å². The number of hydrogen-bond donors (Lipinski definition) is 4. The molecule has 1 rings (SSSR count). The fraction of sp³-hybridized carbons (Fsp3) is 0.400. The molecule has 1 aromatic rings. The molecule has 0 aromatic heterocycles. The predicted octanol–water partition coefficient (Wildman–Crippen LogP) is -1.15. The molecule has 0 aliphatic carbocycles. The van der Waals surface area contributed by atoms with Gasteiger partial charge in [0, 0.05) is 0 Å². The molecule has 1 aromatic carbocycles. The Morgan fingerprint density at radius 3 is 2.28 bits per heavy atom. The van der Waals surface area contributed by atoms with Crippen molar-refractivity contribution >= 4 is 27.8 Å². The van der Waals surface area contributed by atoms with Gasteiger partial charge in [0.1, 0.15) is 12.1 Å². The van der Waals surface area contributed by atoms with Gasteiger partial charge in [-0.1, -0.05) is 30.3 Å². The van der Waals surface area contributed by atoms with Crippen LogP contribution < -0.4 is 15.4 Å². The Morgan fingerprint density at radius 1 is 1.16 bits per heavy atom. The highest BCUT2D eigenvalue weighted by atomic mass is 32.2. The number of sulfonamides is 1. The van der Waals surface area contributed by atoms with E-state index in [1.807, 2.05) is 0 Å². The van der Waals surface area contributed by atoms with Gasteiger partial charge >= 0.3 is 5.97 Å². The summed E-state index contributed by atoms with van der Waals surface area (Å²) in [6.07, 6.45) is 1.03. The third kappa shape index (κ3) is 8.27. The maximum atomic E-state index is 12.2. The summed E-state index contributed by atoms with van der Waals surface area (Å²) in [5, 5.41) is 13.2. The largest absolute Gasteiger partial charge is 0.480 e. The van der Waals surface area contributed by atoms with Crippen LogP contribution in [0.25, 0.3) is 0 Å². The zero-order chi connectivity index (χ0) is 19.0. The van der Waals surface area contributed by atoms with Gasteiger partial charge in [-0.05, 0) is 18.9 Å². The van der Waals surface area contributed by atoms with Gasteiger partial charge in [0.05, 0.1) is 12.8 Å². The van der Waals surface area contributed by atoms with Crippen LogP contribution in [-0.4, -0.2) is 56.2 Å². The number of benzene rings is 1. The van der Waals surface area contributed by atoms with Gasteiger partial charge in [0.25, 0.3) is 0 Å². The lowest BCUT2D eigenvalue weighted by molar-refractivity contribution is -0.141. The molecule has 9 nitrogen and oxygen atoms in total. The maximum Gasteiger partial charge on any atom is 0.325 e. The molecule has 0 bridgehead atoms. The second-order valence-electron chi connectivity index (χ2n) is 5.48. The Hall–Kier alpha value is -2.46. The van der Waals surface area contributed by atoms with Crippen molar-refractivity contribution < 1.29 is 27.9 Å². The lowest BCUT2D eigenvalue weighted by Crippen LogP contribution is -2.50. The summed E-state index contributed by atoms with van der Waals surface area (Å²) in [5.41, 5.74) is 0.739. The molecule has 2 amide bonds. The van der Waals surface area contributed by atoms with Crippen molar-refractivity contribution in [1.29, 1.82) is 0 Å². The summed E-state index contributed by atoms with van der Waals surface area (Å²) < 4.78 is 25.1. The molecule has 0 spiro atoms. The molecular formula is C15H21N3O6S. The summed E-state index contributed by atoms with van der Waals surface area (Å²) in [5.74, 6) is -2.59. The molecule has 138 valence electrons. The van der Waals surface area contributed by atoms with E-state index in [4.69, 9.17) is 5.11 Å². The minimum absolute atomic E-state index is 0.104. The van der Waals surface area contributed by atoms with Crippen molar-refractivity contribution in [2.75, 3.05) is 12.8 Å². The van der Waals surface area contributed by atoms with E-state index >= 15 is 0 Å². The number of carbonyl (C=O) groups is 3. The van der Waals surface area contributed by atoms with Gasteiger partial charge in [0.2, 0.25) is 21.8 Å². The molecule has 0 saturated heterocycles. The molecule has 0 aliphatic rings. The highest BCUT2D eigenvalue weighted by molar-refractivity contribution is 7.88. The van der Waals surface area contributed by atoms with Crippen LogP contribution in [0.5, 0.6) is 0 Å². The van der Waals surface area contributed by atoms with Gasteiger partial charge in [-0.3, -0.25) is 14.4 Å². The number of rotatable bonds is 9. The molecular weight excluding hydrogens is 350 g/mol. The summed E-state index contributed by atoms with van der Waals surface area (Å²) in [6.45, 7) is 0.818. The Balaban J connectivity index is 2.69. The Morgan fingerprint density at radius 2 is 1.76 bits per heavy atom. The number of amides is 2. The van der Waals surface area contributed by atoms with Crippen molar-refractivity contribution in [2.24, 2.45) is 0 Å². The Labute approximate surface area is 145 Å². The first-order chi connectivity index (χ1) is 11.6. The minimum atomic E-state index is -3.65. The second kappa shape index (κ2) is 9.14. The molecule has 0 fully saturated rings. The van der Waals surface area contributed by atoms with Crippen LogP contribution >= 0.6 is 0 Å². The third-order valence-corrected chi connectivity index (χ3v) is 3.84. The number of carboxylic acid groups (broad SMARTS) is 1. The topological polar surface area (TPSA) is 142 Å². The molecule has 0 heterocycles. The summed E-state index contributed by atoms with van der Waals surface area (Å²) in [6, 6.07) is 6.59. The average Bonchev–Trinajstić information content (AvgIpc) is 2.51.